The molecule has 1 atom stereocenters. The zero-order valence-electron chi connectivity index (χ0n) is 14.2. The Hall–Kier alpha value is -2.57. The molecule has 0 fully saturated rings. The van der Waals surface area contributed by atoms with Crippen LogP contribution in [0.25, 0.3) is 0 Å². The van der Waals surface area contributed by atoms with Gasteiger partial charge in [0.1, 0.15) is 11.8 Å². The molecule has 132 valence electrons. The average Bonchev–Trinajstić information content (AvgIpc) is 2.55. The number of ether oxygens (including phenoxy) is 1. The van der Waals surface area contributed by atoms with Gasteiger partial charge in [-0.1, -0.05) is 13.8 Å². The molecule has 1 aromatic rings. The van der Waals surface area contributed by atoms with Crippen molar-refractivity contribution in [2.24, 2.45) is 5.92 Å². The third kappa shape index (κ3) is 6.28. The van der Waals surface area contributed by atoms with Gasteiger partial charge < -0.3 is 20.5 Å². The molecule has 1 aromatic carbocycles. The predicted molar refractivity (Wildman–Crippen MR) is 89.0 cm³/mol. The van der Waals surface area contributed by atoms with E-state index >= 15 is 0 Å². The van der Waals surface area contributed by atoms with Crippen molar-refractivity contribution in [1.82, 2.24) is 10.6 Å². The van der Waals surface area contributed by atoms with Crippen molar-refractivity contribution in [2.45, 2.75) is 32.7 Å². The highest BCUT2D eigenvalue weighted by Crippen LogP contribution is 2.12. The van der Waals surface area contributed by atoms with Gasteiger partial charge in [0, 0.05) is 18.5 Å². The van der Waals surface area contributed by atoms with Gasteiger partial charge in [0.05, 0.1) is 7.11 Å². The van der Waals surface area contributed by atoms with Crippen molar-refractivity contribution in [1.29, 1.82) is 0 Å². The molecular weight excluding hydrogens is 312 g/mol. The van der Waals surface area contributed by atoms with E-state index in [1.165, 1.54) is 0 Å². The lowest BCUT2D eigenvalue weighted by Gasteiger charge is -2.21. The van der Waals surface area contributed by atoms with Crippen molar-refractivity contribution in [3.8, 4) is 5.75 Å². The van der Waals surface area contributed by atoms with Crippen LogP contribution in [0.15, 0.2) is 24.3 Å². The molecule has 1 unspecified atom stereocenters. The van der Waals surface area contributed by atoms with Crippen LogP contribution in [0.1, 0.15) is 37.0 Å². The number of carbonyl (C=O) groups excluding carboxylic acids is 2. The number of carboxylic acids is 1. The van der Waals surface area contributed by atoms with E-state index in [1.54, 1.807) is 31.4 Å². The Morgan fingerprint density at radius 3 is 2.29 bits per heavy atom. The fourth-order valence-electron chi connectivity index (χ4n) is 2.06. The molecule has 24 heavy (non-hydrogen) atoms. The first-order valence-electron chi connectivity index (χ1n) is 7.79. The first-order chi connectivity index (χ1) is 11.3. The molecule has 0 saturated heterocycles. The third-order valence-electron chi connectivity index (χ3n) is 3.45. The molecule has 0 bridgehead atoms. The lowest BCUT2D eigenvalue weighted by Crippen LogP contribution is -2.49. The lowest BCUT2D eigenvalue weighted by atomic mass is 10.0. The fourth-order valence-corrected chi connectivity index (χ4v) is 2.06. The number of hydrogen-bond donors (Lipinski definition) is 3. The number of rotatable bonds is 9. The number of carboxylic acid groups (broad SMARTS) is 1. The lowest BCUT2D eigenvalue weighted by molar-refractivity contribution is -0.137. The van der Waals surface area contributed by atoms with Crippen molar-refractivity contribution in [3.05, 3.63) is 29.8 Å². The van der Waals surface area contributed by atoms with Gasteiger partial charge in [0.25, 0.3) is 5.91 Å². The van der Waals surface area contributed by atoms with E-state index in [1.807, 2.05) is 13.8 Å². The summed E-state index contributed by atoms with van der Waals surface area (Å²) in [4.78, 5) is 34.9. The standard InChI is InChI=1S/C17H24N2O5/c1-11(2)15(17(23)18-10-4-5-14(20)21)19-16(22)12-6-8-13(24-3)9-7-12/h6-9,11,15H,4-5,10H2,1-3H3,(H,18,23)(H,19,22)(H,20,21). The summed E-state index contributed by atoms with van der Waals surface area (Å²) in [5, 5.41) is 13.9. The Bertz CT molecular complexity index is 569. The predicted octanol–water partition coefficient (Wildman–Crippen LogP) is 1.43. The minimum absolute atomic E-state index is 0.00909. The highest BCUT2D eigenvalue weighted by molar-refractivity contribution is 5.97. The summed E-state index contributed by atoms with van der Waals surface area (Å²) in [6.45, 7) is 3.92. The van der Waals surface area contributed by atoms with Crippen LogP contribution in [0.2, 0.25) is 0 Å². The van der Waals surface area contributed by atoms with Crippen LogP contribution in [-0.4, -0.2) is 42.6 Å². The SMILES string of the molecule is COc1ccc(C(=O)NC(C(=O)NCCCC(=O)O)C(C)C)cc1. The third-order valence-corrected chi connectivity index (χ3v) is 3.45. The molecule has 0 heterocycles. The fraction of sp³-hybridized carbons (Fsp3) is 0.471. The summed E-state index contributed by atoms with van der Waals surface area (Å²) in [5.41, 5.74) is 0.431. The summed E-state index contributed by atoms with van der Waals surface area (Å²) in [5.74, 6) is -1.04. The van der Waals surface area contributed by atoms with Gasteiger partial charge in [0.2, 0.25) is 5.91 Å². The molecular formula is C17H24N2O5. The highest BCUT2D eigenvalue weighted by atomic mass is 16.5. The maximum atomic E-state index is 12.3. The van der Waals surface area contributed by atoms with Crippen LogP contribution in [0.3, 0.4) is 0 Å². The Kier molecular flexibility index (Phi) is 7.74. The van der Waals surface area contributed by atoms with Gasteiger partial charge in [-0.25, -0.2) is 0 Å². The molecule has 0 aliphatic heterocycles. The maximum Gasteiger partial charge on any atom is 0.303 e. The second-order valence-corrected chi connectivity index (χ2v) is 5.71. The Morgan fingerprint density at radius 2 is 1.79 bits per heavy atom. The number of nitrogens with one attached hydrogen (secondary N) is 2. The molecule has 3 N–H and O–H groups in total. The molecule has 2 amide bonds. The van der Waals surface area contributed by atoms with Gasteiger partial charge in [0.15, 0.2) is 0 Å². The Balaban J connectivity index is 2.62. The Labute approximate surface area is 141 Å². The number of hydrogen-bond acceptors (Lipinski definition) is 4. The number of carbonyl (C=O) groups is 3. The van der Waals surface area contributed by atoms with Gasteiger partial charge in [-0.15, -0.1) is 0 Å². The molecule has 0 aromatic heterocycles. The number of amides is 2. The topological polar surface area (TPSA) is 105 Å². The summed E-state index contributed by atoms with van der Waals surface area (Å²) in [6.07, 6.45) is 0.336. The minimum Gasteiger partial charge on any atom is -0.497 e. The molecule has 0 aliphatic rings. The number of aliphatic carboxylic acids is 1. The minimum atomic E-state index is -0.905. The normalized spacial score (nSPS) is 11.7. The zero-order chi connectivity index (χ0) is 18.1. The maximum absolute atomic E-state index is 12.3. The van der Waals surface area contributed by atoms with Crippen LogP contribution in [0.5, 0.6) is 5.75 Å². The number of methoxy groups -OCH3 is 1. The van der Waals surface area contributed by atoms with E-state index in [9.17, 15) is 14.4 Å². The van der Waals surface area contributed by atoms with Crippen LogP contribution >= 0.6 is 0 Å². The largest absolute Gasteiger partial charge is 0.497 e. The van der Waals surface area contributed by atoms with Crippen molar-refractivity contribution < 1.29 is 24.2 Å². The number of benzene rings is 1. The quantitative estimate of drug-likeness (QED) is 0.592. The molecule has 0 saturated carbocycles. The second-order valence-electron chi connectivity index (χ2n) is 5.71. The summed E-state index contributed by atoms with van der Waals surface area (Å²) in [7, 11) is 1.54. The summed E-state index contributed by atoms with van der Waals surface area (Å²) >= 11 is 0. The molecule has 0 aliphatic carbocycles. The van der Waals surface area contributed by atoms with Gasteiger partial charge >= 0.3 is 5.97 Å². The van der Waals surface area contributed by atoms with E-state index in [-0.39, 0.29) is 30.7 Å². The van der Waals surface area contributed by atoms with Gasteiger partial charge in [-0.3, -0.25) is 14.4 Å². The van der Waals surface area contributed by atoms with Crippen molar-refractivity contribution >= 4 is 17.8 Å². The van der Waals surface area contributed by atoms with Crippen LogP contribution in [-0.2, 0) is 9.59 Å². The van der Waals surface area contributed by atoms with Crippen molar-refractivity contribution in [3.63, 3.8) is 0 Å². The van der Waals surface area contributed by atoms with Crippen molar-refractivity contribution in [2.75, 3.05) is 13.7 Å². The Morgan fingerprint density at radius 1 is 1.17 bits per heavy atom. The molecule has 7 nitrogen and oxygen atoms in total. The van der Waals surface area contributed by atoms with E-state index in [0.29, 0.717) is 17.7 Å². The van der Waals surface area contributed by atoms with Gasteiger partial charge in [-0.05, 0) is 36.6 Å². The van der Waals surface area contributed by atoms with E-state index in [4.69, 9.17) is 9.84 Å². The van der Waals surface area contributed by atoms with Gasteiger partial charge in [-0.2, -0.15) is 0 Å². The molecule has 7 heteroatoms. The molecule has 1 rings (SSSR count). The summed E-state index contributed by atoms with van der Waals surface area (Å²) < 4.78 is 5.04. The zero-order valence-corrected chi connectivity index (χ0v) is 14.2. The van der Waals surface area contributed by atoms with Crippen LogP contribution in [0.4, 0.5) is 0 Å². The van der Waals surface area contributed by atoms with E-state index in [2.05, 4.69) is 10.6 Å². The second kappa shape index (κ2) is 9.54. The monoisotopic (exact) mass is 336 g/mol. The molecule has 0 radical (unpaired) electrons. The summed E-state index contributed by atoms with van der Waals surface area (Å²) in [6, 6.07) is 5.90. The van der Waals surface area contributed by atoms with Crippen LogP contribution in [0, 0.1) is 5.92 Å². The smallest absolute Gasteiger partial charge is 0.303 e. The first-order valence-corrected chi connectivity index (χ1v) is 7.79. The van der Waals surface area contributed by atoms with Crippen LogP contribution < -0.4 is 15.4 Å². The first kappa shape index (κ1) is 19.5. The average molecular weight is 336 g/mol. The van der Waals surface area contributed by atoms with E-state index < -0.39 is 12.0 Å². The van der Waals surface area contributed by atoms with E-state index in [0.717, 1.165) is 0 Å². The molecule has 0 spiro atoms. The highest BCUT2D eigenvalue weighted by Gasteiger charge is 2.24.